The van der Waals surface area contributed by atoms with E-state index in [2.05, 4.69) is 10.1 Å². The van der Waals surface area contributed by atoms with E-state index in [-0.39, 0.29) is 11.4 Å². The molecule has 0 aliphatic heterocycles. The van der Waals surface area contributed by atoms with Crippen LogP contribution in [0.15, 0.2) is 65.7 Å². The molecule has 0 radical (unpaired) electrons. The lowest BCUT2D eigenvalue weighted by Crippen LogP contribution is -2.20. The van der Waals surface area contributed by atoms with Crippen molar-refractivity contribution in [3.63, 3.8) is 0 Å². The Morgan fingerprint density at radius 3 is 2.84 bits per heavy atom. The molecule has 2 heterocycles. The maximum Gasteiger partial charge on any atom is 0.266 e. The number of fused-ring (bicyclic) bond motifs is 1. The van der Waals surface area contributed by atoms with E-state index in [1.54, 1.807) is 35.3 Å². The quantitative estimate of drug-likeness (QED) is 0.575. The Balaban J connectivity index is 1.77. The van der Waals surface area contributed by atoms with Crippen LogP contribution in [0.2, 0.25) is 0 Å². The normalized spacial score (nSPS) is 11.1. The molecule has 0 unspecified atom stereocenters. The van der Waals surface area contributed by atoms with E-state index in [1.807, 2.05) is 18.2 Å². The van der Waals surface area contributed by atoms with E-state index in [0.29, 0.717) is 27.9 Å². The molecule has 0 fully saturated rings. The van der Waals surface area contributed by atoms with Crippen LogP contribution in [-0.2, 0) is 6.54 Å². The monoisotopic (exact) mass is 352 g/mol. The molecular weight excluding hydrogens is 339 g/mol. The molecule has 1 N–H and O–H groups in total. The summed E-state index contributed by atoms with van der Waals surface area (Å²) in [4.78, 5) is 15.8. The van der Waals surface area contributed by atoms with Crippen molar-refractivity contribution in [3.05, 3.63) is 87.4 Å². The molecule has 0 aliphatic carbocycles. The molecule has 25 heavy (non-hydrogen) atoms. The minimum absolute atomic E-state index is 0.204. The molecule has 0 amide bonds. The second-order valence-corrected chi connectivity index (χ2v) is 6.03. The van der Waals surface area contributed by atoms with Crippen LogP contribution in [-0.4, -0.2) is 19.3 Å². The smallest absolute Gasteiger partial charge is 0.266 e. The SMILES string of the molecule is O=c1c2ccccc2[nH]c(=S)n1-c1cnn(Cc2cccc(F)c2)c1. The van der Waals surface area contributed by atoms with Crippen molar-refractivity contribution >= 4 is 23.1 Å². The van der Waals surface area contributed by atoms with Gasteiger partial charge in [0.05, 0.1) is 29.3 Å². The molecule has 0 saturated carbocycles. The largest absolute Gasteiger partial charge is 0.331 e. The van der Waals surface area contributed by atoms with E-state index in [4.69, 9.17) is 12.2 Å². The fourth-order valence-corrected chi connectivity index (χ4v) is 3.07. The van der Waals surface area contributed by atoms with Gasteiger partial charge in [0.1, 0.15) is 5.82 Å². The molecule has 5 nitrogen and oxygen atoms in total. The molecule has 0 atom stereocenters. The average molecular weight is 352 g/mol. The number of aromatic amines is 1. The lowest BCUT2D eigenvalue weighted by Gasteiger charge is -2.05. The summed E-state index contributed by atoms with van der Waals surface area (Å²) in [5.74, 6) is -0.293. The van der Waals surface area contributed by atoms with Gasteiger partial charge in [-0.15, -0.1) is 0 Å². The standard InChI is InChI=1S/C18H13FN4OS/c19-13-5-3-4-12(8-13)10-22-11-14(9-20-22)23-17(24)15-6-1-2-7-16(15)21-18(23)25/h1-9,11H,10H2,(H,21,25). The summed E-state index contributed by atoms with van der Waals surface area (Å²) in [6, 6.07) is 13.5. The molecule has 0 spiro atoms. The average Bonchev–Trinajstić information content (AvgIpc) is 3.03. The molecule has 0 aliphatic rings. The lowest BCUT2D eigenvalue weighted by atomic mass is 10.2. The molecule has 124 valence electrons. The number of aromatic nitrogens is 4. The van der Waals surface area contributed by atoms with Crippen molar-refractivity contribution in [2.75, 3.05) is 0 Å². The molecule has 4 rings (SSSR count). The van der Waals surface area contributed by atoms with Crippen molar-refractivity contribution in [3.8, 4) is 5.69 Å². The van der Waals surface area contributed by atoms with Gasteiger partial charge in [0.15, 0.2) is 4.77 Å². The fourth-order valence-electron chi connectivity index (χ4n) is 2.77. The third-order valence-electron chi connectivity index (χ3n) is 3.92. The van der Waals surface area contributed by atoms with Crippen molar-refractivity contribution in [1.82, 2.24) is 19.3 Å². The van der Waals surface area contributed by atoms with Crippen LogP contribution in [0, 0.1) is 10.6 Å². The van der Waals surface area contributed by atoms with Crippen LogP contribution in [0.25, 0.3) is 16.6 Å². The molecule has 7 heteroatoms. The van der Waals surface area contributed by atoms with Crippen molar-refractivity contribution < 1.29 is 4.39 Å². The number of H-pyrrole nitrogens is 1. The first-order valence-electron chi connectivity index (χ1n) is 7.63. The highest BCUT2D eigenvalue weighted by molar-refractivity contribution is 7.71. The molecule has 0 bridgehead atoms. The highest BCUT2D eigenvalue weighted by Gasteiger charge is 2.09. The Morgan fingerprint density at radius 2 is 2.00 bits per heavy atom. The number of nitrogens with one attached hydrogen (secondary N) is 1. The van der Waals surface area contributed by atoms with Gasteiger partial charge in [0.2, 0.25) is 0 Å². The summed E-state index contributed by atoms with van der Waals surface area (Å²) in [6.45, 7) is 0.399. The maximum atomic E-state index is 13.3. The van der Waals surface area contributed by atoms with Crippen LogP contribution >= 0.6 is 12.2 Å². The van der Waals surface area contributed by atoms with Crippen molar-refractivity contribution in [2.45, 2.75) is 6.54 Å². The zero-order chi connectivity index (χ0) is 17.4. The van der Waals surface area contributed by atoms with Gasteiger partial charge in [-0.25, -0.2) is 8.96 Å². The van der Waals surface area contributed by atoms with Gasteiger partial charge in [0.25, 0.3) is 5.56 Å². The van der Waals surface area contributed by atoms with Crippen molar-refractivity contribution in [2.24, 2.45) is 0 Å². The molecular formula is C18H13FN4OS. The van der Waals surface area contributed by atoms with E-state index in [1.165, 1.54) is 16.7 Å². The topological polar surface area (TPSA) is 55.6 Å². The second kappa shape index (κ2) is 6.10. The first kappa shape index (κ1) is 15.5. The van der Waals surface area contributed by atoms with Gasteiger partial charge < -0.3 is 4.98 Å². The molecule has 2 aromatic carbocycles. The summed E-state index contributed by atoms with van der Waals surface area (Å²) >= 11 is 5.33. The van der Waals surface area contributed by atoms with E-state index < -0.39 is 0 Å². The summed E-state index contributed by atoms with van der Waals surface area (Å²) in [6.07, 6.45) is 3.28. The van der Waals surface area contributed by atoms with Gasteiger partial charge in [-0.2, -0.15) is 5.10 Å². The first-order chi connectivity index (χ1) is 12.1. The summed E-state index contributed by atoms with van der Waals surface area (Å²) in [7, 11) is 0. The third kappa shape index (κ3) is 2.89. The number of para-hydroxylation sites is 1. The first-order valence-corrected chi connectivity index (χ1v) is 8.04. The number of hydrogen-bond donors (Lipinski definition) is 1. The number of nitrogens with zero attached hydrogens (tertiary/aromatic N) is 3. The number of halogens is 1. The van der Waals surface area contributed by atoms with E-state index in [9.17, 15) is 9.18 Å². The minimum atomic E-state index is -0.293. The van der Waals surface area contributed by atoms with Gasteiger partial charge in [-0.3, -0.25) is 9.48 Å². The third-order valence-corrected chi connectivity index (χ3v) is 4.20. The number of hydrogen-bond acceptors (Lipinski definition) is 3. The Hall–Kier alpha value is -3.06. The number of rotatable bonds is 3. The van der Waals surface area contributed by atoms with E-state index >= 15 is 0 Å². The summed E-state index contributed by atoms with van der Waals surface area (Å²) < 4.78 is 16.7. The second-order valence-electron chi connectivity index (χ2n) is 5.64. The predicted molar refractivity (Wildman–Crippen MR) is 96.0 cm³/mol. The van der Waals surface area contributed by atoms with Gasteiger partial charge in [0, 0.05) is 6.20 Å². The number of benzene rings is 2. The Bertz CT molecular complexity index is 1190. The predicted octanol–water partition coefficient (Wildman–Crippen LogP) is 3.43. The van der Waals surface area contributed by atoms with Crippen molar-refractivity contribution in [1.29, 1.82) is 0 Å². The van der Waals surface area contributed by atoms with Gasteiger partial charge in [-0.1, -0.05) is 24.3 Å². The van der Waals surface area contributed by atoms with Crippen LogP contribution in [0.1, 0.15) is 5.56 Å². The zero-order valence-corrected chi connectivity index (χ0v) is 13.8. The molecule has 4 aromatic rings. The van der Waals surface area contributed by atoms with E-state index in [0.717, 1.165) is 5.56 Å². The minimum Gasteiger partial charge on any atom is -0.331 e. The highest BCUT2D eigenvalue weighted by Crippen LogP contribution is 2.11. The Morgan fingerprint density at radius 1 is 1.16 bits per heavy atom. The maximum absolute atomic E-state index is 13.3. The van der Waals surface area contributed by atoms with Crippen LogP contribution in [0.3, 0.4) is 0 Å². The summed E-state index contributed by atoms with van der Waals surface area (Å²) in [5.41, 5.74) is 1.84. The Labute approximate surface area is 147 Å². The Kier molecular flexibility index (Phi) is 3.77. The van der Waals surface area contributed by atoms with Crippen LogP contribution in [0.5, 0.6) is 0 Å². The highest BCUT2D eigenvalue weighted by atomic mass is 32.1. The zero-order valence-electron chi connectivity index (χ0n) is 13.0. The molecule has 2 aromatic heterocycles. The fraction of sp³-hybridized carbons (Fsp3) is 0.0556. The van der Waals surface area contributed by atoms with Crippen LogP contribution in [0.4, 0.5) is 4.39 Å². The van der Waals surface area contributed by atoms with Gasteiger partial charge >= 0.3 is 0 Å². The lowest BCUT2D eigenvalue weighted by molar-refractivity contribution is 0.619. The van der Waals surface area contributed by atoms with Crippen LogP contribution < -0.4 is 5.56 Å². The van der Waals surface area contributed by atoms with Gasteiger partial charge in [-0.05, 0) is 42.0 Å². The molecule has 0 saturated heterocycles. The summed E-state index contributed by atoms with van der Waals surface area (Å²) in [5, 5.41) is 4.80.